The summed E-state index contributed by atoms with van der Waals surface area (Å²) in [6.45, 7) is 10.4. The van der Waals surface area contributed by atoms with Crippen molar-refractivity contribution in [1.82, 2.24) is 9.80 Å². The SMILES string of the molecule is CCO[C@@H]1C[C@H]2CN(Cc3ccc(C)o3)CCN2C1.O=C(O)C(F)(F)F.O=C(O)C(F)(F)F. The maximum Gasteiger partial charge on any atom is 0.490 e. The van der Waals surface area contributed by atoms with Crippen LogP contribution in [0.3, 0.4) is 0 Å². The molecule has 0 amide bonds. The van der Waals surface area contributed by atoms with Crippen LogP contribution >= 0.6 is 0 Å². The average molecular weight is 492 g/mol. The van der Waals surface area contributed by atoms with E-state index >= 15 is 0 Å². The first-order valence-corrected chi connectivity index (χ1v) is 9.87. The van der Waals surface area contributed by atoms with Crippen molar-refractivity contribution < 1.29 is 55.3 Å². The molecule has 3 heterocycles. The van der Waals surface area contributed by atoms with Gasteiger partial charge in [0, 0.05) is 38.8 Å². The van der Waals surface area contributed by atoms with Crippen LogP contribution in [0.4, 0.5) is 26.3 Å². The van der Waals surface area contributed by atoms with Gasteiger partial charge in [0.25, 0.3) is 0 Å². The Morgan fingerprint density at radius 2 is 1.61 bits per heavy atom. The molecule has 0 bridgehead atoms. The van der Waals surface area contributed by atoms with Crippen molar-refractivity contribution in [2.24, 2.45) is 0 Å². The number of aryl methyl sites for hydroxylation is 1. The second kappa shape index (κ2) is 12.2. The van der Waals surface area contributed by atoms with E-state index in [-0.39, 0.29) is 0 Å². The van der Waals surface area contributed by atoms with Gasteiger partial charge < -0.3 is 19.4 Å². The first-order chi connectivity index (χ1) is 15.1. The minimum absolute atomic E-state index is 0.445. The third-order valence-corrected chi connectivity index (χ3v) is 4.72. The van der Waals surface area contributed by atoms with Gasteiger partial charge in [-0.25, -0.2) is 9.59 Å². The molecule has 33 heavy (non-hydrogen) atoms. The monoisotopic (exact) mass is 492 g/mol. The molecular weight excluding hydrogens is 466 g/mol. The van der Waals surface area contributed by atoms with Gasteiger partial charge in [0.1, 0.15) is 11.5 Å². The Labute approximate surface area is 185 Å². The van der Waals surface area contributed by atoms with E-state index in [0.717, 1.165) is 50.9 Å². The first-order valence-electron chi connectivity index (χ1n) is 9.87. The van der Waals surface area contributed by atoms with Crippen LogP contribution in [0.1, 0.15) is 24.9 Å². The van der Waals surface area contributed by atoms with Crippen molar-refractivity contribution in [3.63, 3.8) is 0 Å². The Bertz CT molecular complexity index is 743. The molecule has 1 aromatic rings. The van der Waals surface area contributed by atoms with Crippen LogP contribution in [0.15, 0.2) is 16.5 Å². The van der Waals surface area contributed by atoms with Gasteiger partial charge >= 0.3 is 24.3 Å². The Morgan fingerprint density at radius 1 is 1.06 bits per heavy atom. The van der Waals surface area contributed by atoms with Gasteiger partial charge in [0.15, 0.2) is 0 Å². The Balaban J connectivity index is 0.000000324. The summed E-state index contributed by atoms with van der Waals surface area (Å²) in [5, 5.41) is 14.2. The van der Waals surface area contributed by atoms with Crippen LogP contribution in [0.2, 0.25) is 0 Å². The minimum Gasteiger partial charge on any atom is -0.475 e. The standard InChI is InChI=1S/C15H24N2O2.2C2HF3O2/c1-3-18-15-8-13-9-16(6-7-17(13)11-15)10-14-5-4-12(2)19-14;2*3-2(4,5)1(6)7/h4-5,13,15H,3,6-11H2,1-2H3;2*(H,6,7)/t13-,15+;;/m0../s1. The highest BCUT2D eigenvalue weighted by molar-refractivity contribution is 5.73. The highest BCUT2D eigenvalue weighted by Gasteiger charge is 2.39. The summed E-state index contributed by atoms with van der Waals surface area (Å²) in [4.78, 5) is 22.9. The van der Waals surface area contributed by atoms with Crippen molar-refractivity contribution in [2.75, 3.05) is 32.8 Å². The third-order valence-electron chi connectivity index (χ3n) is 4.72. The number of alkyl halides is 6. The van der Waals surface area contributed by atoms with E-state index in [1.807, 2.05) is 13.0 Å². The lowest BCUT2D eigenvalue weighted by Crippen LogP contribution is -2.49. The molecule has 0 saturated carbocycles. The van der Waals surface area contributed by atoms with Gasteiger partial charge in [-0.05, 0) is 32.4 Å². The average Bonchev–Trinajstić information content (AvgIpc) is 3.26. The number of rotatable bonds is 4. The molecule has 8 nitrogen and oxygen atoms in total. The van der Waals surface area contributed by atoms with Crippen LogP contribution in [-0.2, 0) is 20.9 Å². The fraction of sp³-hybridized carbons (Fsp3) is 0.684. The summed E-state index contributed by atoms with van der Waals surface area (Å²) in [5.41, 5.74) is 0. The predicted octanol–water partition coefficient (Wildman–Crippen LogP) is 3.15. The van der Waals surface area contributed by atoms with E-state index in [0.29, 0.717) is 12.1 Å². The number of piperazine rings is 1. The number of fused-ring (bicyclic) bond motifs is 1. The highest BCUT2D eigenvalue weighted by atomic mass is 19.4. The van der Waals surface area contributed by atoms with E-state index < -0.39 is 24.3 Å². The number of aliphatic carboxylic acids is 2. The van der Waals surface area contributed by atoms with Crippen molar-refractivity contribution >= 4 is 11.9 Å². The maximum absolute atomic E-state index is 10.6. The van der Waals surface area contributed by atoms with E-state index in [9.17, 15) is 26.3 Å². The summed E-state index contributed by atoms with van der Waals surface area (Å²) in [6.07, 6.45) is -8.54. The van der Waals surface area contributed by atoms with E-state index in [1.54, 1.807) is 0 Å². The molecular formula is C19H26F6N2O6. The number of hydrogen-bond acceptors (Lipinski definition) is 6. The van der Waals surface area contributed by atoms with Gasteiger partial charge in [0.05, 0.1) is 12.6 Å². The van der Waals surface area contributed by atoms with Crippen LogP contribution in [0.5, 0.6) is 0 Å². The number of nitrogens with zero attached hydrogens (tertiary/aromatic N) is 2. The number of carbonyl (C=O) groups is 2. The molecule has 0 aromatic carbocycles. The number of furan rings is 1. The molecule has 0 spiro atoms. The van der Waals surface area contributed by atoms with Crippen LogP contribution < -0.4 is 0 Å². The van der Waals surface area contributed by atoms with Crippen molar-refractivity contribution in [3.8, 4) is 0 Å². The van der Waals surface area contributed by atoms with Gasteiger partial charge in [-0.2, -0.15) is 26.3 Å². The predicted molar refractivity (Wildman–Crippen MR) is 101 cm³/mol. The van der Waals surface area contributed by atoms with Gasteiger partial charge in [-0.15, -0.1) is 0 Å². The normalized spacial score (nSPS) is 21.3. The topological polar surface area (TPSA) is 103 Å². The largest absolute Gasteiger partial charge is 0.490 e. The Hall–Kier alpha value is -2.32. The third kappa shape index (κ3) is 10.4. The lowest BCUT2D eigenvalue weighted by Gasteiger charge is -2.36. The lowest BCUT2D eigenvalue weighted by atomic mass is 10.1. The quantitative estimate of drug-likeness (QED) is 0.618. The Kier molecular flexibility index (Phi) is 10.6. The second-order valence-corrected chi connectivity index (χ2v) is 7.32. The Morgan fingerprint density at radius 3 is 2.03 bits per heavy atom. The molecule has 2 atom stereocenters. The molecule has 1 aromatic heterocycles. The molecule has 0 radical (unpaired) electrons. The summed E-state index contributed by atoms with van der Waals surface area (Å²) < 4.78 is 74.9. The number of ether oxygens (including phenoxy) is 1. The minimum atomic E-state index is -5.08. The number of hydrogen-bond donors (Lipinski definition) is 2. The number of carboxylic acid groups (broad SMARTS) is 2. The van der Waals surface area contributed by atoms with Crippen molar-refractivity contribution in [1.29, 1.82) is 0 Å². The molecule has 3 rings (SSSR count). The van der Waals surface area contributed by atoms with Crippen LogP contribution in [0, 0.1) is 6.92 Å². The zero-order valence-corrected chi connectivity index (χ0v) is 17.9. The first kappa shape index (κ1) is 28.7. The van der Waals surface area contributed by atoms with Gasteiger partial charge in [-0.3, -0.25) is 9.80 Å². The number of carboxylic acids is 2. The lowest BCUT2D eigenvalue weighted by molar-refractivity contribution is -0.193. The smallest absolute Gasteiger partial charge is 0.475 e. The summed E-state index contributed by atoms with van der Waals surface area (Å²) in [6, 6.07) is 4.81. The van der Waals surface area contributed by atoms with Crippen molar-refractivity contribution in [3.05, 3.63) is 23.7 Å². The van der Waals surface area contributed by atoms with Gasteiger partial charge in [-0.1, -0.05) is 0 Å². The van der Waals surface area contributed by atoms with Crippen LogP contribution in [-0.4, -0.2) is 89.2 Å². The molecule has 2 aliphatic rings. The van der Waals surface area contributed by atoms with Crippen LogP contribution in [0.25, 0.3) is 0 Å². The van der Waals surface area contributed by atoms with Gasteiger partial charge in [0.2, 0.25) is 0 Å². The number of halogens is 6. The molecule has 190 valence electrons. The van der Waals surface area contributed by atoms with Crippen molar-refractivity contribution in [2.45, 2.75) is 51.3 Å². The molecule has 14 heteroatoms. The molecule has 0 aliphatic carbocycles. The fourth-order valence-electron chi connectivity index (χ4n) is 3.35. The summed E-state index contributed by atoms with van der Waals surface area (Å²) >= 11 is 0. The zero-order chi connectivity index (χ0) is 25.4. The van der Waals surface area contributed by atoms with E-state index in [1.165, 1.54) is 6.42 Å². The molecule has 2 fully saturated rings. The molecule has 0 unspecified atom stereocenters. The summed E-state index contributed by atoms with van der Waals surface area (Å²) in [7, 11) is 0. The molecule has 2 saturated heterocycles. The molecule has 2 N–H and O–H groups in total. The highest BCUT2D eigenvalue weighted by Crippen LogP contribution is 2.25. The van der Waals surface area contributed by atoms with E-state index in [2.05, 4.69) is 22.8 Å². The second-order valence-electron chi connectivity index (χ2n) is 7.32. The maximum atomic E-state index is 10.6. The summed E-state index contributed by atoms with van der Waals surface area (Å²) in [5.74, 6) is -3.42. The molecule has 2 aliphatic heterocycles. The zero-order valence-electron chi connectivity index (χ0n) is 17.9. The van der Waals surface area contributed by atoms with E-state index in [4.69, 9.17) is 29.0 Å². The fourth-order valence-corrected chi connectivity index (χ4v) is 3.35.